The fourth-order valence-corrected chi connectivity index (χ4v) is 3.24. The Balaban J connectivity index is 1.75. The maximum absolute atomic E-state index is 5.82. The third kappa shape index (κ3) is 2.77. The van der Waals surface area contributed by atoms with Gasteiger partial charge in [-0.3, -0.25) is 4.90 Å². The van der Waals surface area contributed by atoms with Crippen LogP contribution in [0.3, 0.4) is 0 Å². The first kappa shape index (κ1) is 13.7. The van der Waals surface area contributed by atoms with E-state index in [1.54, 1.807) is 11.3 Å². The van der Waals surface area contributed by atoms with Gasteiger partial charge in [0.2, 0.25) is 5.89 Å². The van der Waals surface area contributed by atoms with Gasteiger partial charge in [-0.05, 0) is 32.2 Å². The molecule has 2 aromatic heterocycles. The van der Waals surface area contributed by atoms with Crippen LogP contribution in [-0.4, -0.2) is 40.4 Å². The van der Waals surface area contributed by atoms with Gasteiger partial charge in [0.1, 0.15) is 0 Å². The number of hydrogen-bond donors (Lipinski definition) is 0. The quantitative estimate of drug-likeness (QED) is 0.871. The zero-order valence-electron chi connectivity index (χ0n) is 11.9. The van der Waals surface area contributed by atoms with Gasteiger partial charge in [0.25, 0.3) is 5.89 Å². The molecule has 6 heteroatoms. The number of morpholine rings is 1. The normalized spacial score (nSPS) is 25.8. The molecule has 1 aliphatic rings. The van der Waals surface area contributed by atoms with Crippen molar-refractivity contribution in [3.63, 3.8) is 0 Å². The molecule has 5 nitrogen and oxygen atoms in total. The number of aromatic nitrogens is 2. The second-order valence-corrected chi connectivity index (χ2v) is 6.26. The van der Waals surface area contributed by atoms with Crippen LogP contribution in [0.1, 0.15) is 32.7 Å². The third-order valence-electron chi connectivity index (χ3n) is 3.53. The molecule has 0 aromatic carbocycles. The van der Waals surface area contributed by atoms with Crippen molar-refractivity contribution in [3.8, 4) is 10.8 Å². The number of hydrogen-bond acceptors (Lipinski definition) is 6. The summed E-state index contributed by atoms with van der Waals surface area (Å²) in [5, 5.41) is 10.4. The molecule has 3 unspecified atom stereocenters. The maximum Gasteiger partial charge on any atom is 0.257 e. The summed E-state index contributed by atoms with van der Waals surface area (Å²) >= 11 is 1.61. The molecular weight excluding hydrogens is 274 g/mol. The average molecular weight is 293 g/mol. The van der Waals surface area contributed by atoms with Gasteiger partial charge >= 0.3 is 0 Å². The number of rotatable bonds is 3. The minimum Gasteiger partial charge on any atom is -0.418 e. The Hall–Kier alpha value is -1.24. The molecule has 1 aliphatic heterocycles. The van der Waals surface area contributed by atoms with Gasteiger partial charge in [0.05, 0.1) is 23.1 Å². The SMILES string of the molecule is CC1CN(C(C)c2nnc(-c3cccs3)o2)CC(C)O1. The zero-order valence-corrected chi connectivity index (χ0v) is 12.8. The monoisotopic (exact) mass is 293 g/mol. The number of thiophene rings is 1. The van der Waals surface area contributed by atoms with E-state index >= 15 is 0 Å². The molecule has 1 saturated heterocycles. The van der Waals surface area contributed by atoms with Gasteiger partial charge in [-0.2, -0.15) is 0 Å². The largest absolute Gasteiger partial charge is 0.418 e. The van der Waals surface area contributed by atoms with Crippen LogP contribution in [-0.2, 0) is 4.74 Å². The lowest BCUT2D eigenvalue weighted by Crippen LogP contribution is -2.46. The van der Waals surface area contributed by atoms with E-state index in [4.69, 9.17) is 9.15 Å². The Morgan fingerprint density at radius 2 is 2.05 bits per heavy atom. The predicted octanol–water partition coefficient (Wildman–Crippen LogP) is 2.97. The minimum absolute atomic E-state index is 0.116. The highest BCUT2D eigenvalue weighted by Crippen LogP contribution is 2.28. The van der Waals surface area contributed by atoms with Crippen LogP contribution in [0.15, 0.2) is 21.9 Å². The molecule has 0 amide bonds. The maximum atomic E-state index is 5.82. The van der Waals surface area contributed by atoms with Crippen LogP contribution in [0, 0.1) is 0 Å². The van der Waals surface area contributed by atoms with E-state index in [2.05, 4.69) is 35.9 Å². The lowest BCUT2D eigenvalue weighted by atomic mass is 10.2. The van der Waals surface area contributed by atoms with E-state index in [0.29, 0.717) is 11.8 Å². The smallest absolute Gasteiger partial charge is 0.257 e. The van der Waals surface area contributed by atoms with Crippen molar-refractivity contribution in [2.75, 3.05) is 13.1 Å². The Labute approximate surface area is 122 Å². The van der Waals surface area contributed by atoms with E-state index in [1.165, 1.54) is 0 Å². The first-order valence-corrected chi connectivity index (χ1v) is 7.78. The molecule has 0 saturated carbocycles. The van der Waals surface area contributed by atoms with Crippen LogP contribution < -0.4 is 0 Å². The summed E-state index contributed by atoms with van der Waals surface area (Å²) in [6.45, 7) is 8.08. The van der Waals surface area contributed by atoms with Crippen molar-refractivity contribution in [1.82, 2.24) is 15.1 Å². The van der Waals surface area contributed by atoms with Gasteiger partial charge in [-0.1, -0.05) is 6.07 Å². The Bertz CT molecular complexity index is 545. The molecule has 0 spiro atoms. The molecular formula is C14H19N3O2S. The highest BCUT2D eigenvalue weighted by Gasteiger charge is 2.29. The highest BCUT2D eigenvalue weighted by molar-refractivity contribution is 7.13. The number of nitrogens with zero attached hydrogens (tertiary/aromatic N) is 3. The minimum atomic E-state index is 0.116. The van der Waals surface area contributed by atoms with Crippen LogP contribution in [0.25, 0.3) is 10.8 Å². The van der Waals surface area contributed by atoms with Crippen LogP contribution >= 0.6 is 11.3 Å². The molecule has 108 valence electrons. The molecule has 3 rings (SSSR count). The lowest BCUT2D eigenvalue weighted by molar-refractivity contribution is -0.0814. The van der Waals surface area contributed by atoms with Crippen LogP contribution in [0.2, 0.25) is 0 Å². The van der Waals surface area contributed by atoms with Gasteiger partial charge in [0.15, 0.2) is 0 Å². The van der Waals surface area contributed by atoms with Crippen molar-refractivity contribution < 1.29 is 9.15 Å². The first-order valence-electron chi connectivity index (χ1n) is 6.90. The summed E-state index contributed by atoms with van der Waals surface area (Å²) in [5.74, 6) is 1.28. The van der Waals surface area contributed by atoms with Gasteiger partial charge < -0.3 is 9.15 Å². The van der Waals surface area contributed by atoms with Gasteiger partial charge in [0, 0.05) is 13.1 Å². The first-order chi connectivity index (χ1) is 9.63. The standard InChI is InChI=1S/C14H19N3O2S/c1-9-7-17(8-10(2)18-9)11(3)13-15-16-14(19-13)12-5-4-6-20-12/h4-6,9-11H,7-8H2,1-3H3. The van der Waals surface area contributed by atoms with Gasteiger partial charge in [-0.15, -0.1) is 21.5 Å². The fraction of sp³-hybridized carbons (Fsp3) is 0.571. The molecule has 0 N–H and O–H groups in total. The zero-order chi connectivity index (χ0) is 14.1. The predicted molar refractivity (Wildman–Crippen MR) is 77.6 cm³/mol. The van der Waals surface area contributed by atoms with Crippen molar-refractivity contribution in [2.24, 2.45) is 0 Å². The molecule has 2 aromatic rings. The van der Waals surface area contributed by atoms with Crippen LogP contribution in [0.4, 0.5) is 0 Å². The second-order valence-electron chi connectivity index (χ2n) is 5.31. The lowest BCUT2D eigenvalue weighted by Gasteiger charge is -2.37. The molecule has 0 aliphatic carbocycles. The molecule has 1 fully saturated rings. The Morgan fingerprint density at radius 1 is 1.30 bits per heavy atom. The fourth-order valence-electron chi connectivity index (χ4n) is 2.59. The van der Waals surface area contributed by atoms with Crippen LogP contribution in [0.5, 0.6) is 0 Å². The third-order valence-corrected chi connectivity index (χ3v) is 4.38. The Kier molecular flexibility index (Phi) is 3.87. The van der Waals surface area contributed by atoms with Crippen molar-refractivity contribution >= 4 is 11.3 Å². The number of ether oxygens (including phenoxy) is 1. The topological polar surface area (TPSA) is 51.4 Å². The average Bonchev–Trinajstić information content (AvgIpc) is 3.07. The summed E-state index contributed by atoms with van der Waals surface area (Å²) in [5.41, 5.74) is 0. The van der Waals surface area contributed by atoms with E-state index in [1.807, 2.05) is 17.5 Å². The van der Waals surface area contributed by atoms with E-state index in [9.17, 15) is 0 Å². The highest BCUT2D eigenvalue weighted by atomic mass is 32.1. The summed E-state index contributed by atoms with van der Waals surface area (Å²) in [4.78, 5) is 3.35. The second kappa shape index (κ2) is 5.63. The van der Waals surface area contributed by atoms with Crippen molar-refractivity contribution in [3.05, 3.63) is 23.4 Å². The van der Waals surface area contributed by atoms with E-state index in [0.717, 1.165) is 18.0 Å². The molecule has 3 heterocycles. The molecule has 0 bridgehead atoms. The van der Waals surface area contributed by atoms with E-state index in [-0.39, 0.29) is 18.2 Å². The molecule has 3 atom stereocenters. The summed E-state index contributed by atoms with van der Waals surface area (Å²) in [7, 11) is 0. The summed E-state index contributed by atoms with van der Waals surface area (Å²) in [6, 6.07) is 4.09. The van der Waals surface area contributed by atoms with E-state index < -0.39 is 0 Å². The van der Waals surface area contributed by atoms with Gasteiger partial charge in [-0.25, -0.2) is 0 Å². The summed E-state index contributed by atoms with van der Waals surface area (Å²) < 4.78 is 11.6. The Morgan fingerprint density at radius 3 is 2.70 bits per heavy atom. The van der Waals surface area contributed by atoms with Crippen molar-refractivity contribution in [1.29, 1.82) is 0 Å². The molecule has 0 radical (unpaired) electrons. The molecule has 20 heavy (non-hydrogen) atoms. The van der Waals surface area contributed by atoms with Crippen molar-refractivity contribution in [2.45, 2.75) is 39.0 Å². The summed E-state index contributed by atoms with van der Waals surface area (Å²) in [6.07, 6.45) is 0.474.